The number of fused-ring (bicyclic) bond motifs is 1. The molecule has 0 amide bonds. The monoisotopic (exact) mass is 484 g/mol. The highest BCUT2D eigenvalue weighted by atomic mass is 14.4. The zero-order valence-corrected chi connectivity index (χ0v) is 23.1. The molecule has 0 N–H and O–H groups in total. The van der Waals surface area contributed by atoms with E-state index in [9.17, 15) is 0 Å². The van der Waals surface area contributed by atoms with Gasteiger partial charge in [-0.2, -0.15) is 0 Å². The smallest absolute Gasteiger partial charge is 0.0101 e. The molecule has 0 heteroatoms. The molecule has 1 aliphatic carbocycles. The lowest BCUT2D eigenvalue weighted by atomic mass is 9.80. The van der Waals surface area contributed by atoms with E-state index in [0.29, 0.717) is 5.92 Å². The molecule has 1 aliphatic rings. The van der Waals surface area contributed by atoms with Gasteiger partial charge in [0.15, 0.2) is 0 Å². The van der Waals surface area contributed by atoms with Crippen LogP contribution in [0.5, 0.6) is 0 Å². The minimum Gasteiger partial charge on any atom is -0.0622 e. The Bertz CT molecular complexity index is 1380. The van der Waals surface area contributed by atoms with Crippen LogP contribution in [0.4, 0.5) is 0 Å². The van der Waals surface area contributed by atoms with Crippen LogP contribution >= 0.6 is 0 Å². The molecule has 0 saturated carbocycles. The van der Waals surface area contributed by atoms with Crippen LogP contribution in [0.2, 0.25) is 0 Å². The van der Waals surface area contributed by atoms with Crippen molar-refractivity contribution >= 4 is 5.57 Å². The molecule has 37 heavy (non-hydrogen) atoms. The summed E-state index contributed by atoms with van der Waals surface area (Å²) in [5, 5.41) is 0. The molecule has 0 bridgehead atoms. The van der Waals surface area contributed by atoms with E-state index in [1.54, 1.807) is 5.57 Å². The number of rotatable bonds is 7. The predicted molar refractivity (Wildman–Crippen MR) is 160 cm³/mol. The average molecular weight is 485 g/mol. The van der Waals surface area contributed by atoms with Crippen molar-refractivity contribution in [3.05, 3.63) is 136 Å². The summed E-state index contributed by atoms with van der Waals surface area (Å²) in [5.74, 6) is 0.461. The summed E-state index contributed by atoms with van der Waals surface area (Å²) in [4.78, 5) is 0. The third-order valence-corrected chi connectivity index (χ3v) is 7.84. The topological polar surface area (TPSA) is 0 Å². The number of hydrogen-bond donors (Lipinski definition) is 0. The van der Waals surface area contributed by atoms with E-state index >= 15 is 0 Å². The van der Waals surface area contributed by atoms with E-state index in [1.807, 2.05) is 0 Å². The highest BCUT2D eigenvalue weighted by molar-refractivity contribution is 5.78. The van der Waals surface area contributed by atoms with E-state index in [4.69, 9.17) is 0 Å². The van der Waals surface area contributed by atoms with Crippen molar-refractivity contribution in [2.75, 3.05) is 0 Å². The van der Waals surface area contributed by atoms with Gasteiger partial charge >= 0.3 is 0 Å². The highest BCUT2D eigenvalue weighted by Gasteiger charge is 2.31. The van der Waals surface area contributed by atoms with Gasteiger partial charge in [0.25, 0.3) is 0 Å². The third kappa shape index (κ3) is 5.96. The normalized spacial score (nSPS) is 15.2. The lowest BCUT2D eigenvalue weighted by Gasteiger charge is -2.25. The summed E-state index contributed by atoms with van der Waals surface area (Å²) >= 11 is 0. The molecule has 5 rings (SSSR count). The summed E-state index contributed by atoms with van der Waals surface area (Å²) < 4.78 is 0. The first kappa shape index (κ1) is 25.3. The molecule has 0 radical (unpaired) electrons. The first-order valence-electron chi connectivity index (χ1n) is 13.8. The molecule has 0 aromatic heterocycles. The van der Waals surface area contributed by atoms with Gasteiger partial charge in [0.1, 0.15) is 0 Å². The number of hydrogen-bond acceptors (Lipinski definition) is 0. The van der Waals surface area contributed by atoms with Crippen molar-refractivity contribution in [2.24, 2.45) is 5.41 Å². The van der Waals surface area contributed by atoms with Crippen molar-refractivity contribution in [2.45, 2.75) is 66.2 Å². The zero-order valence-electron chi connectivity index (χ0n) is 23.1. The van der Waals surface area contributed by atoms with Crippen LogP contribution < -0.4 is 0 Å². The van der Waals surface area contributed by atoms with E-state index in [2.05, 4.69) is 132 Å². The quantitative estimate of drug-likeness (QED) is 0.245. The maximum Gasteiger partial charge on any atom is 0.0101 e. The molecule has 0 heterocycles. The van der Waals surface area contributed by atoms with Gasteiger partial charge in [-0.05, 0) is 89.5 Å². The van der Waals surface area contributed by atoms with E-state index < -0.39 is 0 Å². The Morgan fingerprint density at radius 2 is 1.22 bits per heavy atom. The molecule has 0 aliphatic heterocycles. The van der Waals surface area contributed by atoms with Gasteiger partial charge in [0, 0.05) is 5.92 Å². The molecule has 4 aromatic rings. The van der Waals surface area contributed by atoms with Gasteiger partial charge < -0.3 is 0 Å². The SMILES string of the molecule is CC1=C(CC(C)(C)C)C(Cc2ccc(-c3ccc(C)cc3)cc2)c2ccc(CCc3ccccc3)cc21. The summed E-state index contributed by atoms with van der Waals surface area (Å²) in [7, 11) is 0. The van der Waals surface area contributed by atoms with Crippen LogP contribution in [-0.2, 0) is 19.3 Å². The minimum atomic E-state index is 0.266. The van der Waals surface area contributed by atoms with Crippen LogP contribution in [0.15, 0.2) is 103 Å². The van der Waals surface area contributed by atoms with Gasteiger partial charge in [-0.1, -0.05) is 129 Å². The van der Waals surface area contributed by atoms with Gasteiger partial charge in [-0.15, -0.1) is 0 Å². The van der Waals surface area contributed by atoms with Crippen molar-refractivity contribution in [1.29, 1.82) is 0 Å². The van der Waals surface area contributed by atoms with Crippen molar-refractivity contribution < 1.29 is 0 Å². The second-order valence-electron chi connectivity index (χ2n) is 12.1. The number of allylic oxidation sites excluding steroid dienone is 2. The molecular formula is C37H40. The summed E-state index contributed by atoms with van der Waals surface area (Å²) in [6.45, 7) is 11.6. The molecule has 0 saturated heterocycles. The Labute approximate surface area is 224 Å². The largest absolute Gasteiger partial charge is 0.0622 e. The molecule has 0 fully saturated rings. The van der Waals surface area contributed by atoms with E-state index in [1.165, 1.54) is 50.1 Å². The molecule has 188 valence electrons. The van der Waals surface area contributed by atoms with Crippen molar-refractivity contribution in [3.8, 4) is 11.1 Å². The van der Waals surface area contributed by atoms with Crippen LogP contribution in [0.1, 0.15) is 73.4 Å². The summed E-state index contributed by atoms with van der Waals surface area (Å²) in [6, 6.07) is 36.2. The molecular weight excluding hydrogens is 444 g/mol. The molecule has 1 atom stereocenters. The Kier molecular flexibility index (Phi) is 7.20. The maximum absolute atomic E-state index is 2.48. The first-order chi connectivity index (χ1) is 17.8. The van der Waals surface area contributed by atoms with Gasteiger partial charge in [-0.25, -0.2) is 0 Å². The summed E-state index contributed by atoms with van der Waals surface area (Å²) in [6.07, 6.45) is 4.38. The van der Waals surface area contributed by atoms with E-state index in [-0.39, 0.29) is 5.41 Å². The lowest BCUT2D eigenvalue weighted by Crippen LogP contribution is -2.12. The Morgan fingerprint density at radius 3 is 1.86 bits per heavy atom. The first-order valence-corrected chi connectivity index (χ1v) is 13.8. The minimum absolute atomic E-state index is 0.266. The van der Waals surface area contributed by atoms with Gasteiger partial charge in [0.2, 0.25) is 0 Å². The second kappa shape index (κ2) is 10.5. The van der Waals surface area contributed by atoms with Crippen LogP contribution in [-0.4, -0.2) is 0 Å². The predicted octanol–water partition coefficient (Wildman–Crippen LogP) is 10.00. The van der Waals surface area contributed by atoms with Crippen LogP contribution in [0.25, 0.3) is 16.7 Å². The Balaban J connectivity index is 1.40. The fourth-order valence-electron chi connectivity index (χ4n) is 5.82. The molecule has 0 nitrogen and oxygen atoms in total. The number of aryl methyl sites for hydroxylation is 3. The lowest BCUT2D eigenvalue weighted by molar-refractivity contribution is 0.400. The highest BCUT2D eigenvalue weighted by Crippen LogP contribution is 2.48. The Hall–Kier alpha value is -3.38. The summed E-state index contributed by atoms with van der Waals surface area (Å²) in [5.41, 5.74) is 14.6. The Morgan fingerprint density at radius 1 is 0.622 bits per heavy atom. The average Bonchev–Trinajstić information content (AvgIpc) is 3.13. The van der Waals surface area contributed by atoms with Crippen LogP contribution in [0.3, 0.4) is 0 Å². The van der Waals surface area contributed by atoms with Crippen LogP contribution in [0, 0.1) is 12.3 Å². The standard InChI is InChI=1S/C37H40/c1-26-11-18-31(19-12-26)32-20-15-30(16-21-32)24-35-33-22-17-29(14-13-28-9-7-6-8-10-28)23-34(33)27(2)36(35)25-37(3,4)5/h6-12,15-23,35H,13-14,24-25H2,1-5H3. The third-order valence-electron chi connectivity index (χ3n) is 7.84. The molecule has 4 aromatic carbocycles. The van der Waals surface area contributed by atoms with Crippen molar-refractivity contribution in [3.63, 3.8) is 0 Å². The van der Waals surface area contributed by atoms with Gasteiger partial charge in [-0.3, -0.25) is 0 Å². The maximum atomic E-state index is 2.48. The van der Waals surface area contributed by atoms with E-state index in [0.717, 1.165) is 25.7 Å². The molecule has 0 spiro atoms. The number of benzene rings is 4. The fraction of sp³-hybridized carbons (Fsp3) is 0.297. The fourth-order valence-corrected chi connectivity index (χ4v) is 5.82. The molecule has 1 unspecified atom stereocenters. The second-order valence-corrected chi connectivity index (χ2v) is 12.1. The van der Waals surface area contributed by atoms with Gasteiger partial charge in [0.05, 0.1) is 0 Å². The van der Waals surface area contributed by atoms with Crippen molar-refractivity contribution in [1.82, 2.24) is 0 Å². The zero-order chi connectivity index (χ0) is 26.0.